The van der Waals surface area contributed by atoms with E-state index in [0.29, 0.717) is 25.3 Å². The van der Waals surface area contributed by atoms with E-state index in [4.69, 9.17) is 4.74 Å². The predicted octanol–water partition coefficient (Wildman–Crippen LogP) is 1.89. The van der Waals surface area contributed by atoms with Gasteiger partial charge in [0.05, 0.1) is 31.6 Å². The minimum absolute atomic E-state index is 0.0726. The summed E-state index contributed by atoms with van der Waals surface area (Å²) in [6, 6.07) is 11.1. The average molecular weight is 312 g/mol. The molecule has 1 N–H and O–H groups in total. The van der Waals surface area contributed by atoms with E-state index >= 15 is 0 Å². The number of hydrogen-bond donors (Lipinski definition) is 1. The summed E-state index contributed by atoms with van der Waals surface area (Å²) >= 11 is 0. The first-order valence-corrected chi connectivity index (χ1v) is 7.72. The Labute approximate surface area is 135 Å². The van der Waals surface area contributed by atoms with Crippen LogP contribution < -0.4 is 0 Å². The third kappa shape index (κ3) is 3.25. The van der Waals surface area contributed by atoms with Crippen LogP contribution in [0.15, 0.2) is 42.6 Å². The molecule has 0 unspecified atom stereocenters. The Balaban J connectivity index is 1.82. The molecule has 2 aromatic rings. The molecule has 0 radical (unpaired) electrons. The zero-order chi connectivity index (χ0) is 16.2. The second kappa shape index (κ2) is 6.89. The van der Waals surface area contributed by atoms with E-state index in [1.165, 1.54) is 0 Å². The zero-order valence-corrected chi connectivity index (χ0v) is 13.1. The molecule has 1 fully saturated rings. The molecule has 1 amide bonds. The Morgan fingerprint density at radius 1 is 1.35 bits per heavy atom. The van der Waals surface area contributed by atoms with E-state index in [1.54, 1.807) is 11.1 Å². The number of rotatable bonds is 3. The molecule has 3 rings (SSSR count). The monoisotopic (exact) mass is 312 g/mol. The Hall–Kier alpha value is -2.24. The number of aromatic nitrogens is 1. The van der Waals surface area contributed by atoms with Gasteiger partial charge in [0.25, 0.3) is 5.91 Å². The summed E-state index contributed by atoms with van der Waals surface area (Å²) < 4.78 is 5.32. The highest BCUT2D eigenvalue weighted by Gasteiger charge is 2.27. The molecule has 0 aliphatic carbocycles. The number of pyridine rings is 1. The summed E-state index contributed by atoms with van der Waals surface area (Å²) in [4.78, 5) is 18.7. The molecule has 0 bridgehead atoms. The van der Waals surface area contributed by atoms with Gasteiger partial charge in [-0.1, -0.05) is 18.2 Å². The number of carbonyl (C=O) groups is 1. The number of ether oxygens (including phenoxy) is 1. The largest absolute Gasteiger partial charge is 0.394 e. The van der Waals surface area contributed by atoms with Crippen molar-refractivity contribution in [1.82, 2.24) is 9.88 Å². The number of amides is 1. The summed E-state index contributed by atoms with van der Waals surface area (Å²) in [5, 5.41) is 9.40. The first kappa shape index (κ1) is 15.6. The van der Waals surface area contributed by atoms with Crippen molar-refractivity contribution in [2.75, 3.05) is 26.4 Å². The van der Waals surface area contributed by atoms with E-state index in [1.807, 2.05) is 43.3 Å². The highest BCUT2D eigenvalue weighted by atomic mass is 16.5. The smallest absolute Gasteiger partial charge is 0.254 e. The van der Waals surface area contributed by atoms with Crippen LogP contribution in [0.2, 0.25) is 0 Å². The molecule has 0 saturated carbocycles. The van der Waals surface area contributed by atoms with Gasteiger partial charge in [-0.2, -0.15) is 0 Å². The van der Waals surface area contributed by atoms with Crippen molar-refractivity contribution in [3.05, 3.63) is 53.7 Å². The summed E-state index contributed by atoms with van der Waals surface area (Å²) in [5.41, 5.74) is 3.62. The fraction of sp³-hybridized carbons (Fsp3) is 0.333. The third-order valence-corrected chi connectivity index (χ3v) is 4.11. The van der Waals surface area contributed by atoms with Gasteiger partial charge in [0.2, 0.25) is 0 Å². The maximum absolute atomic E-state index is 12.6. The van der Waals surface area contributed by atoms with Crippen LogP contribution in [0.4, 0.5) is 0 Å². The molecular weight excluding hydrogens is 292 g/mol. The number of nitrogens with zero attached hydrogens (tertiary/aromatic N) is 2. The molecule has 1 saturated heterocycles. The third-order valence-electron chi connectivity index (χ3n) is 4.11. The van der Waals surface area contributed by atoms with Gasteiger partial charge in [-0.25, -0.2) is 0 Å². The van der Waals surface area contributed by atoms with Crippen molar-refractivity contribution in [3.8, 4) is 11.3 Å². The number of aryl methyl sites for hydroxylation is 1. The fourth-order valence-electron chi connectivity index (χ4n) is 2.80. The lowest BCUT2D eigenvalue weighted by Crippen LogP contribution is -2.50. The SMILES string of the molecule is Cc1cccnc1-c1ccc(C(=O)N2CCOC[C@@H]2CO)cc1. The molecule has 1 aromatic carbocycles. The van der Waals surface area contributed by atoms with Gasteiger partial charge in [-0.05, 0) is 30.7 Å². The summed E-state index contributed by atoms with van der Waals surface area (Å²) in [7, 11) is 0. The van der Waals surface area contributed by atoms with Gasteiger partial charge >= 0.3 is 0 Å². The molecule has 1 aromatic heterocycles. The van der Waals surface area contributed by atoms with E-state index in [9.17, 15) is 9.90 Å². The molecule has 2 heterocycles. The normalized spacial score (nSPS) is 18.0. The van der Waals surface area contributed by atoms with E-state index in [-0.39, 0.29) is 18.6 Å². The van der Waals surface area contributed by atoms with Gasteiger partial charge in [-0.15, -0.1) is 0 Å². The Morgan fingerprint density at radius 3 is 2.83 bits per heavy atom. The molecule has 1 aliphatic heterocycles. The van der Waals surface area contributed by atoms with Crippen LogP contribution in [-0.4, -0.2) is 53.3 Å². The molecule has 1 aliphatic rings. The first-order chi connectivity index (χ1) is 11.2. The van der Waals surface area contributed by atoms with Crippen molar-refractivity contribution in [2.45, 2.75) is 13.0 Å². The molecule has 5 nitrogen and oxygen atoms in total. The van der Waals surface area contributed by atoms with Gasteiger partial charge in [0.1, 0.15) is 0 Å². The number of benzene rings is 1. The fourth-order valence-corrected chi connectivity index (χ4v) is 2.80. The van der Waals surface area contributed by atoms with Crippen molar-refractivity contribution in [1.29, 1.82) is 0 Å². The highest BCUT2D eigenvalue weighted by Crippen LogP contribution is 2.22. The zero-order valence-electron chi connectivity index (χ0n) is 13.1. The second-order valence-electron chi connectivity index (χ2n) is 5.66. The van der Waals surface area contributed by atoms with Crippen LogP contribution in [0, 0.1) is 6.92 Å². The van der Waals surface area contributed by atoms with E-state index < -0.39 is 0 Å². The van der Waals surface area contributed by atoms with Crippen LogP contribution >= 0.6 is 0 Å². The van der Waals surface area contributed by atoms with Crippen molar-refractivity contribution in [3.63, 3.8) is 0 Å². The predicted molar refractivity (Wildman–Crippen MR) is 87.1 cm³/mol. The maximum Gasteiger partial charge on any atom is 0.254 e. The maximum atomic E-state index is 12.6. The topological polar surface area (TPSA) is 62.7 Å². The van der Waals surface area contributed by atoms with Crippen molar-refractivity contribution < 1.29 is 14.6 Å². The summed E-state index contributed by atoms with van der Waals surface area (Å²) in [6.45, 7) is 3.32. The van der Waals surface area contributed by atoms with E-state index in [2.05, 4.69) is 4.98 Å². The van der Waals surface area contributed by atoms with Crippen molar-refractivity contribution in [2.24, 2.45) is 0 Å². The lowest BCUT2D eigenvalue weighted by molar-refractivity contribution is -0.0183. The highest BCUT2D eigenvalue weighted by molar-refractivity contribution is 5.95. The van der Waals surface area contributed by atoms with Gasteiger partial charge < -0.3 is 14.7 Å². The number of aliphatic hydroxyl groups is 1. The van der Waals surface area contributed by atoms with Crippen LogP contribution in [0.25, 0.3) is 11.3 Å². The summed E-state index contributed by atoms with van der Waals surface area (Å²) in [5.74, 6) is -0.0726. The van der Waals surface area contributed by atoms with Crippen LogP contribution in [0.1, 0.15) is 15.9 Å². The average Bonchev–Trinajstić information content (AvgIpc) is 2.61. The number of morpholine rings is 1. The Morgan fingerprint density at radius 2 is 2.13 bits per heavy atom. The number of carbonyl (C=O) groups excluding carboxylic acids is 1. The van der Waals surface area contributed by atoms with Crippen LogP contribution in [0.5, 0.6) is 0 Å². The van der Waals surface area contributed by atoms with Crippen LogP contribution in [-0.2, 0) is 4.74 Å². The van der Waals surface area contributed by atoms with Crippen molar-refractivity contribution >= 4 is 5.91 Å². The Bertz CT molecular complexity index is 685. The molecule has 23 heavy (non-hydrogen) atoms. The number of hydrogen-bond acceptors (Lipinski definition) is 4. The van der Waals surface area contributed by atoms with Gasteiger partial charge in [0, 0.05) is 23.9 Å². The van der Waals surface area contributed by atoms with Gasteiger partial charge in [0.15, 0.2) is 0 Å². The molecule has 5 heteroatoms. The minimum atomic E-state index is -0.269. The first-order valence-electron chi connectivity index (χ1n) is 7.72. The molecular formula is C18H20N2O3. The Kier molecular flexibility index (Phi) is 4.69. The van der Waals surface area contributed by atoms with Crippen LogP contribution in [0.3, 0.4) is 0 Å². The van der Waals surface area contributed by atoms with Gasteiger partial charge in [-0.3, -0.25) is 9.78 Å². The number of aliphatic hydroxyl groups excluding tert-OH is 1. The molecule has 0 spiro atoms. The molecule has 1 atom stereocenters. The lowest BCUT2D eigenvalue weighted by atomic mass is 10.0. The van der Waals surface area contributed by atoms with E-state index in [0.717, 1.165) is 16.8 Å². The second-order valence-corrected chi connectivity index (χ2v) is 5.66. The minimum Gasteiger partial charge on any atom is -0.394 e. The summed E-state index contributed by atoms with van der Waals surface area (Å²) in [6.07, 6.45) is 1.76. The molecule has 120 valence electrons. The quantitative estimate of drug-likeness (QED) is 0.940. The standard InChI is InChI=1S/C18H20N2O3/c1-13-3-2-8-19-17(13)14-4-6-15(7-5-14)18(22)20-9-10-23-12-16(20)11-21/h2-8,16,21H,9-12H2,1H3/t16-/m0/s1. The lowest BCUT2D eigenvalue weighted by Gasteiger charge is -2.34.